The van der Waals surface area contributed by atoms with E-state index in [9.17, 15) is 9.59 Å². The Morgan fingerprint density at radius 3 is 2.57 bits per heavy atom. The summed E-state index contributed by atoms with van der Waals surface area (Å²) in [5, 5.41) is 0. The number of hydrogen-bond acceptors (Lipinski definition) is 3. The summed E-state index contributed by atoms with van der Waals surface area (Å²) in [6.07, 6.45) is 1.95. The number of rotatable bonds is 5. The predicted molar refractivity (Wildman–Crippen MR) is 53.7 cm³/mol. The average molecular weight is 199 g/mol. The minimum absolute atomic E-state index is 0.286. The number of carbonyl (C=O) groups is 2. The van der Waals surface area contributed by atoms with Crippen LogP contribution in [-0.2, 0) is 14.3 Å². The summed E-state index contributed by atoms with van der Waals surface area (Å²) in [6, 6.07) is -0.563. The van der Waals surface area contributed by atoms with Crippen LogP contribution in [0.3, 0.4) is 0 Å². The van der Waals surface area contributed by atoms with Crippen LogP contribution in [0.1, 0.15) is 20.3 Å². The van der Waals surface area contributed by atoms with Gasteiger partial charge in [-0.15, -0.1) is 0 Å². The molecular weight excluding hydrogens is 182 g/mol. The Morgan fingerprint density at radius 2 is 2.14 bits per heavy atom. The number of carbonyl (C=O) groups excluding carboxylic acids is 2. The molecule has 0 heterocycles. The van der Waals surface area contributed by atoms with E-state index in [1.807, 2.05) is 6.92 Å². The molecule has 0 aliphatic carbocycles. The molecule has 0 aromatic heterocycles. The monoisotopic (exact) mass is 199 g/mol. The van der Waals surface area contributed by atoms with Crippen molar-refractivity contribution in [2.75, 3.05) is 13.7 Å². The molecule has 0 saturated heterocycles. The van der Waals surface area contributed by atoms with Crippen molar-refractivity contribution in [2.24, 2.45) is 0 Å². The maximum absolute atomic E-state index is 11.3. The highest BCUT2D eigenvalue weighted by atomic mass is 16.5. The van der Waals surface area contributed by atoms with E-state index in [0.29, 0.717) is 6.61 Å². The van der Waals surface area contributed by atoms with Crippen LogP contribution >= 0.6 is 0 Å². The molecule has 4 nitrogen and oxygen atoms in total. The lowest BCUT2D eigenvalue weighted by molar-refractivity contribution is -0.152. The number of amides is 1. The predicted octanol–water partition coefficient (Wildman–Crippen LogP) is 0.972. The molecule has 1 atom stereocenters. The first-order chi connectivity index (χ1) is 6.54. The highest BCUT2D eigenvalue weighted by Gasteiger charge is 2.21. The first-order valence-electron chi connectivity index (χ1n) is 4.60. The van der Waals surface area contributed by atoms with Gasteiger partial charge in [0.25, 0.3) is 0 Å². The molecule has 1 amide bonds. The fraction of sp³-hybridized carbons (Fsp3) is 0.600. The van der Waals surface area contributed by atoms with Crippen molar-refractivity contribution in [3.05, 3.63) is 12.7 Å². The molecule has 0 bridgehead atoms. The van der Waals surface area contributed by atoms with Crippen molar-refractivity contribution < 1.29 is 14.3 Å². The van der Waals surface area contributed by atoms with Crippen LogP contribution in [0.4, 0.5) is 0 Å². The van der Waals surface area contributed by atoms with E-state index in [4.69, 9.17) is 4.74 Å². The third kappa shape index (κ3) is 3.60. The maximum atomic E-state index is 11.3. The number of nitrogens with zero attached hydrogens (tertiary/aromatic N) is 1. The number of esters is 1. The third-order valence-electron chi connectivity index (χ3n) is 1.89. The van der Waals surface area contributed by atoms with Crippen LogP contribution in [-0.4, -0.2) is 36.5 Å². The molecule has 14 heavy (non-hydrogen) atoms. The lowest BCUT2D eigenvalue weighted by Crippen LogP contribution is -2.40. The Balaban J connectivity index is 4.16. The molecule has 0 saturated carbocycles. The summed E-state index contributed by atoms with van der Waals surface area (Å²) in [5.41, 5.74) is 0. The molecule has 0 N–H and O–H groups in total. The Morgan fingerprint density at radius 1 is 1.57 bits per heavy atom. The molecule has 0 aromatic carbocycles. The first kappa shape index (κ1) is 12.7. The quantitative estimate of drug-likeness (QED) is 0.489. The Kier molecular flexibility index (Phi) is 5.60. The second-order valence-electron chi connectivity index (χ2n) is 3.00. The van der Waals surface area contributed by atoms with E-state index in [-0.39, 0.29) is 11.9 Å². The molecule has 80 valence electrons. The van der Waals surface area contributed by atoms with E-state index in [1.165, 1.54) is 11.0 Å². The van der Waals surface area contributed by atoms with Crippen molar-refractivity contribution >= 4 is 11.9 Å². The Bertz CT molecular complexity index is 225. The normalized spacial score (nSPS) is 11.6. The van der Waals surface area contributed by atoms with Crippen molar-refractivity contribution in [1.29, 1.82) is 0 Å². The lowest BCUT2D eigenvalue weighted by Gasteiger charge is -2.21. The molecule has 0 aromatic rings. The van der Waals surface area contributed by atoms with Gasteiger partial charge >= 0.3 is 5.97 Å². The van der Waals surface area contributed by atoms with Crippen molar-refractivity contribution in [2.45, 2.75) is 26.3 Å². The summed E-state index contributed by atoms with van der Waals surface area (Å²) in [5.74, 6) is -0.671. The van der Waals surface area contributed by atoms with E-state index in [1.54, 1.807) is 14.0 Å². The van der Waals surface area contributed by atoms with Crippen molar-refractivity contribution in [1.82, 2.24) is 4.90 Å². The molecule has 4 heteroatoms. The van der Waals surface area contributed by atoms with Gasteiger partial charge in [-0.1, -0.05) is 13.5 Å². The second kappa shape index (κ2) is 6.18. The van der Waals surface area contributed by atoms with E-state index in [0.717, 1.165) is 6.42 Å². The third-order valence-corrected chi connectivity index (χ3v) is 1.89. The topological polar surface area (TPSA) is 46.6 Å². The van der Waals surface area contributed by atoms with Gasteiger partial charge in [0.05, 0.1) is 6.61 Å². The summed E-state index contributed by atoms with van der Waals surface area (Å²) in [6.45, 7) is 7.27. The van der Waals surface area contributed by atoms with Crippen molar-refractivity contribution in [3.8, 4) is 0 Å². The van der Waals surface area contributed by atoms with Gasteiger partial charge in [0, 0.05) is 7.05 Å². The summed E-state index contributed by atoms with van der Waals surface area (Å²) in [7, 11) is 1.54. The lowest BCUT2D eigenvalue weighted by atomic mass is 10.3. The minimum atomic E-state index is -0.563. The molecule has 0 fully saturated rings. The zero-order chi connectivity index (χ0) is 11.1. The van der Waals surface area contributed by atoms with Gasteiger partial charge in [0.1, 0.15) is 6.04 Å². The fourth-order valence-electron chi connectivity index (χ4n) is 0.816. The smallest absolute Gasteiger partial charge is 0.328 e. The van der Waals surface area contributed by atoms with Crippen LogP contribution in [0.5, 0.6) is 0 Å². The summed E-state index contributed by atoms with van der Waals surface area (Å²) >= 11 is 0. The molecular formula is C10H17NO3. The highest BCUT2D eigenvalue weighted by molar-refractivity contribution is 5.90. The average Bonchev–Trinajstić information content (AvgIpc) is 2.22. The SMILES string of the molecule is C=CC(=O)N(C)[C@@H](C)C(=O)OCCC. The molecule has 0 aliphatic rings. The van der Waals surface area contributed by atoms with Crippen LogP contribution in [0.15, 0.2) is 12.7 Å². The van der Waals surface area contributed by atoms with Gasteiger partial charge in [-0.25, -0.2) is 4.79 Å². The fourth-order valence-corrected chi connectivity index (χ4v) is 0.816. The highest BCUT2D eigenvalue weighted by Crippen LogP contribution is 2.00. The molecule has 0 aliphatic heterocycles. The van der Waals surface area contributed by atoms with Gasteiger partial charge in [-0.2, -0.15) is 0 Å². The number of likely N-dealkylation sites (N-methyl/N-ethyl adjacent to an activating group) is 1. The zero-order valence-corrected chi connectivity index (χ0v) is 8.95. The van der Waals surface area contributed by atoms with E-state index in [2.05, 4.69) is 6.58 Å². The van der Waals surface area contributed by atoms with E-state index < -0.39 is 6.04 Å². The minimum Gasteiger partial charge on any atom is -0.464 e. The van der Waals surface area contributed by atoms with Gasteiger partial charge in [-0.3, -0.25) is 4.79 Å². The van der Waals surface area contributed by atoms with Gasteiger partial charge < -0.3 is 9.64 Å². The second-order valence-corrected chi connectivity index (χ2v) is 3.00. The zero-order valence-electron chi connectivity index (χ0n) is 8.95. The van der Waals surface area contributed by atoms with Gasteiger partial charge in [-0.05, 0) is 19.4 Å². The van der Waals surface area contributed by atoms with Crippen LogP contribution in [0.2, 0.25) is 0 Å². The van der Waals surface area contributed by atoms with E-state index >= 15 is 0 Å². The van der Waals surface area contributed by atoms with Gasteiger partial charge in [0.15, 0.2) is 0 Å². The largest absolute Gasteiger partial charge is 0.464 e. The maximum Gasteiger partial charge on any atom is 0.328 e. The summed E-state index contributed by atoms with van der Waals surface area (Å²) < 4.78 is 4.90. The molecule has 0 spiro atoms. The molecule has 0 unspecified atom stereocenters. The van der Waals surface area contributed by atoms with Crippen LogP contribution in [0, 0.1) is 0 Å². The Hall–Kier alpha value is -1.32. The standard InChI is InChI=1S/C10H17NO3/c1-5-7-14-10(13)8(3)11(4)9(12)6-2/h6,8H,2,5,7H2,1,3-4H3/t8-/m0/s1. The van der Waals surface area contributed by atoms with Crippen LogP contribution in [0.25, 0.3) is 0 Å². The number of ether oxygens (including phenoxy) is 1. The number of hydrogen-bond donors (Lipinski definition) is 0. The van der Waals surface area contributed by atoms with Gasteiger partial charge in [0.2, 0.25) is 5.91 Å². The van der Waals surface area contributed by atoms with Crippen molar-refractivity contribution in [3.63, 3.8) is 0 Å². The molecule has 0 radical (unpaired) electrons. The Labute approximate surface area is 84.5 Å². The van der Waals surface area contributed by atoms with Crippen LogP contribution < -0.4 is 0 Å². The molecule has 0 rings (SSSR count). The summed E-state index contributed by atoms with van der Waals surface area (Å²) in [4.78, 5) is 23.7. The first-order valence-corrected chi connectivity index (χ1v) is 4.60.